The van der Waals surface area contributed by atoms with E-state index in [0.717, 1.165) is 23.3 Å². The molecule has 23 heavy (non-hydrogen) atoms. The Balaban J connectivity index is 1.59. The second-order valence-electron chi connectivity index (χ2n) is 7.24. The van der Waals surface area contributed by atoms with Crippen LogP contribution in [-0.4, -0.2) is 17.4 Å². The molecule has 0 saturated heterocycles. The van der Waals surface area contributed by atoms with Crippen LogP contribution in [0.25, 0.3) is 0 Å². The zero-order valence-electron chi connectivity index (χ0n) is 13.8. The highest BCUT2D eigenvalue weighted by Crippen LogP contribution is 2.63. The van der Waals surface area contributed by atoms with Gasteiger partial charge in [-0.2, -0.15) is 9.83 Å². The molecule has 1 amide bonds. The second-order valence-corrected chi connectivity index (χ2v) is 8.24. The first kappa shape index (κ1) is 16.3. The van der Waals surface area contributed by atoms with E-state index in [1.807, 2.05) is 0 Å². The molecule has 0 radical (unpaired) electrons. The van der Waals surface area contributed by atoms with Crippen molar-refractivity contribution >= 4 is 23.4 Å². The molecule has 6 heteroatoms. The van der Waals surface area contributed by atoms with Crippen LogP contribution >= 0.6 is 11.8 Å². The number of hydrazone groups is 1. The maximum Gasteiger partial charge on any atom is 0.251 e. The lowest BCUT2D eigenvalue weighted by Gasteiger charge is -2.34. The average Bonchev–Trinajstić information content (AvgIpc) is 2.85. The Morgan fingerprint density at radius 2 is 2.26 bits per heavy atom. The van der Waals surface area contributed by atoms with E-state index in [9.17, 15) is 10.0 Å². The number of pyridine rings is 1. The van der Waals surface area contributed by atoms with Crippen LogP contribution in [0.4, 0.5) is 0 Å². The Morgan fingerprint density at radius 1 is 1.48 bits per heavy atom. The van der Waals surface area contributed by atoms with E-state index in [1.165, 1.54) is 24.4 Å². The van der Waals surface area contributed by atoms with Crippen LogP contribution < -0.4 is 10.2 Å². The van der Waals surface area contributed by atoms with E-state index in [-0.39, 0.29) is 22.5 Å². The molecule has 5 nitrogen and oxygen atoms in total. The van der Waals surface area contributed by atoms with Gasteiger partial charge in [0.1, 0.15) is 0 Å². The normalized spacial score (nSPS) is 29.9. The van der Waals surface area contributed by atoms with Crippen molar-refractivity contribution in [3.8, 4) is 0 Å². The third-order valence-electron chi connectivity index (χ3n) is 5.97. The van der Waals surface area contributed by atoms with Crippen molar-refractivity contribution in [1.82, 2.24) is 5.43 Å². The molecule has 2 fully saturated rings. The predicted octanol–water partition coefficient (Wildman–Crippen LogP) is 2.73. The van der Waals surface area contributed by atoms with Gasteiger partial charge in [0.2, 0.25) is 0 Å². The highest BCUT2D eigenvalue weighted by molar-refractivity contribution is 7.99. The van der Waals surface area contributed by atoms with Gasteiger partial charge in [0.25, 0.3) is 10.9 Å². The number of amides is 1. The molecular formula is C17H23N3O2S. The minimum absolute atomic E-state index is 0.0928. The Labute approximate surface area is 141 Å². The van der Waals surface area contributed by atoms with Crippen molar-refractivity contribution < 1.29 is 9.52 Å². The average molecular weight is 333 g/mol. The van der Waals surface area contributed by atoms with Gasteiger partial charge in [-0.15, -0.1) is 0 Å². The van der Waals surface area contributed by atoms with Gasteiger partial charge in [0, 0.05) is 23.3 Å². The molecule has 3 rings (SSSR count). The van der Waals surface area contributed by atoms with Gasteiger partial charge in [-0.3, -0.25) is 4.79 Å². The van der Waals surface area contributed by atoms with Crippen molar-refractivity contribution in [3.63, 3.8) is 0 Å². The van der Waals surface area contributed by atoms with Crippen LogP contribution in [0.2, 0.25) is 0 Å². The second kappa shape index (κ2) is 5.82. The van der Waals surface area contributed by atoms with Crippen LogP contribution in [0.5, 0.6) is 0 Å². The molecule has 0 aromatic carbocycles. The molecule has 0 spiro atoms. The van der Waals surface area contributed by atoms with E-state index in [1.54, 1.807) is 18.2 Å². The summed E-state index contributed by atoms with van der Waals surface area (Å²) in [4.78, 5) is 12.0. The van der Waals surface area contributed by atoms with Crippen molar-refractivity contribution in [3.05, 3.63) is 29.6 Å². The first-order valence-corrected chi connectivity index (χ1v) is 9.00. The molecule has 1 aromatic heterocycles. The van der Waals surface area contributed by atoms with Gasteiger partial charge in [-0.1, -0.05) is 20.8 Å². The van der Waals surface area contributed by atoms with Gasteiger partial charge in [0.05, 0.1) is 5.75 Å². The zero-order chi connectivity index (χ0) is 16.7. The van der Waals surface area contributed by atoms with Crippen LogP contribution in [0.3, 0.4) is 0 Å². The first-order valence-electron chi connectivity index (χ1n) is 8.01. The molecule has 1 heterocycles. The third-order valence-corrected chi connectivity index (χ3v) is 6.99. The topological polar surface area (TPSA) is 68.4 Å². The Morgan fingerprint density at radius 3 is 2.87 bits per heavy atom. The van der Waals surface area contributed by atoms with Gasteiger partial charge in [0.15, 0.2) is 6.20 Å². The highest BCUT2D eigenvalue weighted by atomic mass is 32.2. The smallest absolute Gasteiger partial charge is 0.251 e. The lowest BCUT2D eigenvalue weighted by Crippen LogP contribution is -2.34. The van der Waals surface area contributed by atoms with Gasteiger partial charge < -0.3 is 5.21 Å². The van der Waals surface area contributed by atoms with Crippen molar-refractivity contribution in [2.45, 2.75) is 45.1 Å². The number of rotatable bonds is 4. The molecular weight excluding hydrogens is 310 g/mol. The SMILES string of the molecule is CC12CCC(C/C1=N\NC(=O)CSc1cccc[n+]1[O-])C2(C)C. The number of hydrogen-bond donors (Lipinski definition) is 1. The molecule has 2 bridgehead atoms. The minimum Gasteiger partial charge on any atom is -0.618 e. The Hall–Kier alpha value is -1.56. The van der Waals surface area contributed by atoms with Crippen molar-refractivity contribution in [2.75, 3.05) is 5.75 Å². The van der Waals surface area contributed by atoms with Crippen LogP contribution in [0.1, 0.15) is 40.0 Å². The van der Waals surface area contributed by atoms with Crippen molar-refractivity contribution in [2.24, 2.45) is 21.8 Å². The maximum absolute atomic E-state index is 12.0. The summed E-state index contributed by atoms with van der Waals surface area (Å²) in [5.74, 6) is 0.684. The minimum atomic E-state index is -0.171. The summed E-state index contributed by atoms with van der Waals surface area (Å²) < 4.78 is 0.767. The highest BCUT2D eigenvalue weighted by Gasteiger charge is 2.59. The number of aromatic nitrogens is 1. The van der Waals surface area contributed by atoms with Crippen LogP contribution in [0.15, 0.2) is 34.5 Å². The van der Waals surface area contributed by atoms with E-state index in [4.69, 9.17) is 0 Å². The summed E-state index contributed by atoms with van der Waals surface area (Å²) >= 11 is 1.22. The first-order chi connectivity index (χ1) is 10.8. The number of carbonyl (C=O) groups excluding carboxylic acids is 1. The monoisotopic (exact) mass is 333 g/mol. The fraction of sp³-hybridized carbons (Fsp3) is 0.588. The number of nitrogens with one attached hydrogen (secondary N) is 1. The zero-order valence-corrected chi connectivity index (χ0v) is 14.7. The largest absolute Gasteiger partial charge is 0.618 e. The molecule has 1 N–H and O–H groups in total. The summed E-state index contributed by atoms with van der Waals surface area (Å²) in [5.41, 5.74) is 4.15. The van der Waals surface area contributed by atoms with Crippen LogP contribution in [-0.2, 0) is 4.79 Å². The van der Waals surface area contributed by atoms with Gasteiger partial charge in [-0.25, -0.2) is 5.43 Å². The summed E-state index contributed by atoms with van der Waals surface area (Å²) in [6.45, 7) is 6.89. The molecule has 2 aliphatic rings. The lowest BCUT2D eigenvalue weighted by molar-refractivity contribution is -0.645. The van der Waals surface area contributed by atoms with Gasteiger partial charge in [-0.05, 0) is 48.4 Å². The number of carbonyl (C=O) groups is 1. The van der Waals surface area contributed by atoms with Gasteiger partial charge >= 0.3 is 0 Å². The van der Waals surface area contributed by atoms with E-state index in [0.29, 0.717) is 10.9 Å². The summed E-state index contributed by atoms with van der Waals surface area (Å²) in [6, 6.07) is 5.16. The third kappa shape index (κ3) is 2.73. The molecule has 2 aliphatic carbocycles. The Bertz CT molecular complexity index is 659. The molecule has 124 valence electrons. The van der Waals surface area contributed by atoms with Crippen molar-refractivity contribution in [1.29, 1.82) is 0 Å². The number of thioether (sulfide) groups is 1. The van der Waals surface area contributed by atoms with E-state index < -0.39 is 0 Å². The standard InChI is InChI=1S/C17H23N3O2S/c1-16(2)12-7-8-17(16,3)13(10-12)18-19-14(21)11-23-15-6-4-5-9-20(15)22/h4-6,9,12H,7-8,10-11H2,1-3H3,(H,19,21)/b18-13+. The van der Waals surface area contributed by atoms with E-state index in [2.05, 4.69) is 31.3 Å². The predicted molar refractivity (Wildman–Crippen MR) is 90.9 cm³/mol. The summed E-state index contributed by atoms with van der Waals surface area (Å²) in [6.07, 6.45) is 4.81. The molecule has 2 atom stereocenters. The number of fused-ring (bicyclic) bond motifs is 2. The lowest BCUT2D eigenvalue weighted by atomic mass is 9.70. The summed E-state index contributed by atoms with van der Waals surface area (Å²) in [7, 11) is 0. The number of hydrogen-bond acceptors (Lipinski definition) is 4. The maximum atomic E-state index is 12.0. The number of nitrogens with zero attached hydrogens (tertiary/aromatic N) is 2. The fourth-order valence-corrected chi connectivity index (χ4v) is 4.63. The molecule has 0 aliphatic heterocycles. The quantitative estimate of drug-likeness (QED) is 0.399. The Kier molecular flexibility index (Phi) is 4.12. The fourth-order valence-electron chi connectivity index (χ4n) is 3.92. The molecule has 1 aromatic rings. The van der Waals surface area contributed by atoms with E-state index >= 15 is 0 Å². The molecule has 2 unspecified atom stereocenters. The van der Waals surface area contributed by atoms with Crippen LogP contribution in [0, 0.1) is 22.0 Å². The molecule has 2 saturated carbocycles. The summed E-state index contributed by atoms with van der Waals surface area (Å²) in [5, 5.41) is 16.5.